The predicted octanol–water partition coefficient (Wildman–Crippen LogP) is 4.23. The first-order chi connectivity index (χ1) is 8.69. The summed E-state index contributed by atoms with van der Waals surface area (Å²) in [5, 5.41) is 9.70. The smallest absolute Gasteiger partial charge is 0.127 e. The molecule has 2 aromatic carbocycles. The van der Waals surface area contributed by atoms with E-state index in [0.29, 0.717) is 0 Å². The molecule has 1 unspecified atom stereocenters. The van der Waals surface area contributed by atoms with E-state index >= 15 is 0 Å². The molecule has 0 aliphatic carbocycles. The van der Waals surface area contributed by atoms with Crippen molar-refractivity contribution in [2.24, 2.45) is 0 Å². The molecule has 18 heavy (non-hydrogen) atoms. The second kappa shape index (κ2) is 5.69. The van der Waals surface area contributed by atoms with Crippen molar-refractivity contribution in [2.45, 2.75) is 26.4 Å². The molecule has 0 saturated carbocycles. The molecule has 0 bridgehead atoms. The van der Waals surface area contributed by atoms with Crippen LogP contribution in [0.25, 0.3) is 0 Å². The van der Waals surface area contributed by atoms with E-state index in [1.165, 1.54) is 5.56 Å². The van der Waals surface area contributed by atoms with Crippen LogP contribution >= 0.6 is 0 Å². The SMILES string of the molecule is CCC(O)c1ccc(Oc2ccc(C)cc2)cc1. The van der Waals surface area contributed by atoms with E-state index in [4.69, 9.17) is 4.74 Å². The van der Waals surface area contributed by atoms with Crippen LogP contribution in [-0.4, -0.2) is 5.11 Å². The molecule has 0 aliphatic rings. The fraction of sp³-hybridized carbons (Fsp3) is 0.250. The highest BCUT2D eigenvalue weighted by molar-refractivity contribution is 5.34. The van der Waals surface area contributed by atoms with Gasteiger partial charge in [-0.3, -0.25) is 0 Å². The van der Waals surface area contributed by atoms with E-state index in [1.807, 2.05) is 62.4 Å². The van der Waals surface area contributed by atoms with E-state index < -0.39 is 6.10 Å². The van der Waals surface area contributed by atoms with Gasteiger partial charge in [0.1, 0.15) is 11.5 Å². The first-order valence-electron chi connectivity index (χ1n) is 6.21. The van der Waals surface area contributed by atoms with Gasteiger partial charge in [-0.1, -0.05) is 36.8 Å². The normalized spacial score (nSPS) is 12.2. The Balaban J connectivity index is 2.08. The Morgan fingerprint density at radius 2 is 1.44 bits per heavy atom. The average Bonchev–Trinajstić information content (AvgIpc) is 2.41. The molecule has 0 aromatic heterocycles. The Labute approximate surface area is 108 Å². The van der Waals surface area contributed by atoms with E-state index in [9.17, 15) is 5.11 Å². The maximum Gasteiger partial charge on any atom is 0.127 e. The predicted molar refractivity (Wildman–Crippen MR) is 72.9 cm³/mol. The van der Waals surface area contributed by atoms with Gasteiger partial charge in [0.25, 0.3) is 0 Å². The van der Waals surface area contributed by atoms with Crippen LogP contribution in [0.1, 0.15) is 30.6 Å². The molecule has 2 nitrogen and oxygen atoms in total. The summed E-state index contributed by atoms with van der Waals surface area (Å²) >= 11 is 0. The van der Waals surface area contributed by atoms with Crippen LogP contribution in [0.5, 0.6) is 11.5 Å². The highest BCUT2D eigenvalue weighted by atomic mass is 16.5. The second-order valence-corrected chi connectivity index (χ2v) is 4.41. The molecule has 1 atom stereocenters. The molecule has 0 aliphatic heterocycles. The van der Waals surface area contributed by atoms with Crippen molar-refractivity contribution in [2.75, 3.05) is 0 Å². The van der Waals surface area contributed by atoms with Gasteiger partial charge >= 0.3 is 0 Å². The number of hydrogen-bond donors (Lipinski definition) is 1. The molecular weight excluding hydrogens is 224 g/mol. The van der Waals surface area contributed by atoms with E-state index in [0.717, 1.165) is 23.5 Å². The van der Waals surface area contributed by atoms with Gasteiger partial charge in [0.15, 0.2) is 0 Å². The van der Waals surface area contributed by atoms with Crippen molar-refractivity contribution < 1.29 is 9.84 Å². The maximum absolute atomic E-state index is 9.70. The van der Waals surface area contributed by atoms with Crippen molar-refractivity contribution in [1.82, 2.24) is 0 Å². The Hall–Kier alpha value is -1.80. The zero-order chi connectivity index (χ0) is 13.0. The van der Waals surface area contributed by atoms with Gasteiger partial charge in [0.2, 0.25) is 0 Å². The molecule has 1 N–H and O–H groups in total. The summed E-state index contributed by atoms with van der Waals surface area (Å²) in [6.45, 7) is 4.01. The minimum Gasteiger partial charge on any atom is -0.457 e. The number of aliphatic hydroxyl groups is 1. The highest BCUT2D eigenvalue weighted by Gasteiger charge is 2.04. The van der Waals surface area contributed by atoms with E-state index in [1.54, 1.807) is 0 Å². The van der Waals surface area contributed by atoms with Gasteiger partial charge in [0, 0.05) is 0 Å². The number of benzene rings is 2. The third-order valence-electron chi connectivity index (χ3n) is 2.91. The summed E-state index contributed by atoms with van der Waals surface area (Å²) in [6.07, 6.45) is 0.330. The zero-order valence-corrected chi connectivity index (χ0v) is 10.8. The van der Waals surface area contributed by atoms with Crippen molar-refractivity contribution in [3.63, 3.8) is 0 Å². The number of aliphatic hydroxyl groups excluding tert-OH is 1. The number of ether oxygens (including phenoxy) is 1. The second-order valence-electron chi connectivity index (χ2n) is 4.41. The lowest BCUT2D eigenvalue weighted by Gasteiger charge is -2.10. The van der Waals surface area contributed by atoms with Gasteiger partial charge in [-0.25, -0.2) is 0 Å². The lowest BCUT2D eigenvalue weighted by molar-refractivity contribution is 0.173. The van der Waals surface area contributed by atoms with Gasteiger partial charge < -0.3 is 9.84 Å². The number of hydrogen-bond acceptors (Lipinski definition) is 2. The van der Waals surface area contributed by atoms with Crippen LogP contribution in [0.2, 0.25) is 0 Å². The van der Waals surface area contributed by atoms with Crippen LogP contribution in [0.3, 0.4) is 0 Å². The lowest BCUT2D eigenvalue weighted by Crippen LogP contribution is -1.94. The molecule has 2 heteroatoms. The lowest BCUT2D eigenvalue weighted by atomic mass is 10.1. The summed E-state index contributed by atoms with van der Waals surface area (Å²) in [5.41, 5.74) is 2.14. The van der Waals surface area contributed by atoms with E-state index in [2.05, 4.69) is 0 Å². The first kappa shape index (κ1) is 12.7. The zero-order valence-electron chi connectivity index (χ0n) is 10.8. The summed E-state index contributed by atoms with van der Waals surface area (Å²) in [4.78, 5) is 0. The Morgan fingerprint density at radius 1 is 0.944 bits per heavy atom. The monoisotopic (exact) mass is 242 g/mol. The maximum atomic E-state index is 9.70. The first-order valence-corrected chi connectivity index (χ1v) is 6.21. The largest absolute Gasteiger partial charge is 0.457 e. The van der Waals surface area contributed by atoms with Crippen LogP contribution in [0.15, 0.2) is 48.5 Å². The van der Waals surface area contributed by atoms with Crippen molar-refractivity contribution in [3.8, 4) is 11.5 Å². The fourth-order valence-corrected chi connectivity index (χ4v) is 1.74. The Morgan fingerprint density at radius 3 is 1.94 bits per heavy atom. The molecule has 94 valence electrons. The Kier molecular flexibility index (Phi) is 4.00. The summed E-state index contributed by atoms with van der Waals surface area (Å²) in [7, 11) is 0. The summed E-state index contributed by atoms with van der Waals surface area (Å²) in [6, 6.07) is 15.5. The van der Waals surface area contributed by atoms with Crippen molar-refractivity contribution >= 4 is 0 Å². The molecule has 2 rings (SSSR count). The number of rotatable bonds is 4. The van der Waals surface area contributed by atoms with Crippen LogP contribution < -0.4 is 4.74 Å². The molecule has 0 radical (unpaired) electrons. The molecule has 2 aromatic rings. The van der Waals surface area contributed by atoms with Crippen LogP contribution in [0, 0.1) is 6.92 Å². The summed E-state index contributed by atoms with van der Waals surface area (Å²) in [5.74, 6) is 1.61. The molecule has 0 saturated heterocycles. The average molecular weight is 242 g/mol. The highest BCUT2D eigenvalue weighted by Crippen LogP contribution is 2.24. The third-order valence-corrected chi connectivity index (χ3v) is 2.91. The molecule has 0 amide bonds. The Bertz CT molecular complexity index is 486. The minimum atomic E-state index is -0.390. The fourth-order valence-electron chi connectivity index (χ4n) is 1.74. The van der Waals surface area contributed by atoms with Gasteiger partial charge in [-0.05, 0) is 43.2 Å². The third kappa shape index (κ3) is 3.11. The van der Waals surface area contributed by atoms with Crippen molar-refractivity contribution in [1.29, 1.82) is 0 Å². The molecule has 0 heterocycles. The standard InChI is InChI=1S/C16H18O2/c1-3-16(17)13-6-10-15(11-7-13)18-14-8-4-12(2)5-9-14/h4-11,16-17H,3H2,1-2H3. The quantitative estimate of drug-likeness (QED) is 0.869. The topological polar surface area (TPSA) is 29.5 Å². The molecule has 0 fully saturated rings. The van der Waals surface area contributed by atoms with E-state index in [-0.39, 0.29) is 0 Å². The van der Waals surface area contributed by atoms with Crippen molar-refractivity contribution in [3.05, 3.63) is 59.7 Å². The molecular formula is C16H18O2. The van der Waals surface area contributed by atoms with Gasteiger partial charge in [-0.2, -0.15) is 0 Å². The minimum absolute atomic E-state index is 0.390. The molecule has 0 spiro atoms. The van der Waals surface area contributed by atoms with Crippen LogP contribution in [-0.2, 0) is 0 Å². The summed E-state index contributed by atoms with van der Waals surface area (Å²) < 4.78 is 5.72. The van der Waals surface area contributed by atoms with Crippen LogP contribution in [0.4, 0.5) is 0 Å². The number of aryl methyl sites for hydroxylation is 1. The van der Waals surface area contributed by atoms with Gasteiger partial charge in [0.05, 0.1) is 6.10 Å². The van der Waals surface area contributed by atoms with Gasteiger partial charge in [-0.15, -0.1) is 0 Å².